The molecular formula is C16H14ClFN2O2. The van der Waals surface area contributed by atoms with Gasteiger partial charge in [0.1, 0.15) is 5.82 Å². The topological polar surface area (TPSA) is 49.4 Å². The third kappa shape index (κ3) is 3.43. The van der Waals surface area contributed by atoms with Gasteiger partial charge in [0, 0.05) is 19.7 Å². The maximum Gasteiger partial charge on any atom is 0.258 e. The van der Waals surface area contributed by atoms with Gasteiger partial charge in [-0.3, -0.25) is 9.59 Å². The predicted molar refractivity (Wildman–Crippen MR) is 83.8 cm³/mol. The van der Waals surface area contributed by atoms with E-state index in [9.17, 15) is 14.0 Å². The minimum Gasteiger partial charge on any atom is -0.345 e. The molecule has 0 spiro atoms. The predicted octanol–water partition coefficient (Wildman–Crippen LogP) is 3.43. The van der Waals surface area contributed by atoms with Gasteiger partial charge in [-0.2, -0.15) is 0 Å². The summed E-state index contributed by atoms with van der Waals surface area (Å²) in [5.74, 6) is -1.48. The number of hydrogen-bond donors (Lipinski definition) is 1. The van der Waals surface area contributed by atoms with Crippen molar-refractivity contribution in [2.75, 3.05) is 19.4 Å². The third-order valence-electron chi connectivity index (χ3n) is 2.99. The van der Waals surface area contributed by atoms with E-state index in [1.807, 2.05) is 0 Å². The van der Waals surface area contributed by atoms with Crippen molar-refractivity contribution in [3.05, 3.63) is 64.4 Å². The summed E-state index contributed by atoms with van der Waals surface area (Å²) in [5.41, 5.74) is 0.531. The van der Waals surface area contributed by atoms with E-state index >= 15 is 0 Å². The molecular weight excluding hydrogens is 307 g/mol. The van der Waals surface area contributed by atoms with Crippen LogP contribution in [-0.4, -0.2) is 30.8 Å². The van der Waals surface area contributed by atoms with Crippen LogP contribution >= 0.6 is 11.6 Å². The highest BCUT2D eigenvalue weighted by Crippen LogP contribution is 2.24. The van der Waals surface area contributed by atoms with Gasteiger partial charge < -0.3 is 10.2 Å². The fourth-order valence-corrected chi connectivity index (χ4v) is 2.01. The monoisotopic (exact) mass is 320 g/mol. The van der Waals surface area contributed by atoms with Crippen LogP contribution < -0.4 is 5.32 Å². The fraction of sp³-hybridized carbons (Fsp3) is 0.125. The number of nitrogens with zero attached hydrogens (tertiary/aromatic N) is 1. The maximum absolute atomic E-state index is 13.6. The molecule has 0 fully saturated rings. The van der Waals surface area contributed by atoms with Crippen molar-refractivity contribution in [2.45, 2.75) is 0 Å². The van der Waals surface area contributed by atoms with Gasteiger partial charge in [-0.15, -0.1) is 0 Å². The molecule has 2 rings (SSSR count). The Bertz CT molecular complexity index is 732. The van der Waals surface area contributed by atoms with E-state index in [2.05, 4.69) is 5.32 Å². The number of anilines is 1. The first-order chi connectivity index (χ1) is 10.4. The zero-order valence-electron chi connectivity index (χ0n) is 12.1. The van der Waals surface area contributed by atoms with Crippen molar-refractivity contribution in [1.29, 1.82) is 0 Å². The second-order valence-corrected chi connectivity index (χ2v) is 5.24. The molecule has 114 valence electrons. The van der Waals surface area contributed by atoms with Gasteiger partial charge in [-0.25, -0.2) is 4.39 Å². The molecule has 0 heterocycles. The van der Waals surface area contributed by atoms with E-state index in [0.717, 1.165) is 0 Å². The summed E-state index contributed by atoms with van der Waals surface area (Å²) in [7, 11) is 3.24. The van der Waals surface area contributed by atoms with Crippen molar-refractivity contribution >= 4 is 29.1 Å². The Morgan fingerprint density at radius 2 is 1.82 bits per heavy atom. The lowest BCUT2D eigenvalue weighted by molar-refractivity contribution is 0.0827. The highest BCUT2D eigenvalue weighted by molar-refractivity contribution is 6.34. The lowest BCUT2D eigenvalue weighted by Crippen LogP contribution is -2.22. The maximum atomic E-state index is 13.6. The molecule has 0 aromatic heterocycles. The van der Waals surface area contributed by atoms with Crippen LogP contribution in [0.3, 0.4) is 0 Å². The first kappa shape index (κ1) is 16.0. The van der Waals surface area contributed by atoms with Crippen molar-refractivity contribution in [3.8, 4) is 0 Å². The average Bonchev–Trinajstić information content (AvgIpc) is 2.49. The molecule has 0 aliphatic heterocycles. The zero-order valence-corrected chi connectivity index (χ0v) is 12.8. The minimum atomic E-state index is -0.630. The van der Waals surface area contributed by atoms with E-state index < -0.39 is 11.7 Å². The molecule has 0 aliphatic carbocycles. The van der Waals surface area contributed by atoms with Crippen LogP contribution in [-0.2, 0) is 0 Å². The standard InChI is InChI=1S/C16H14ClFN2O2/c1-20(2)16(22)10-7-8-12(17)14(9-10)19-15(21)11-5-3-4-6-13(11)18/h3-9H,1-2H3,(H,19,21). The van der Waals surface area contributed by atoms with Crippen molar-refractivity contribution in [3.63, 3.8) is 0 Å². The lowest BCUT2D eigenvalue weighted by Gasteiger charge is -2.13. The molecule has 0 radical (unpaired) electrons. The second kappa shape index (κ2) is 6.58. The summed E-state index contributed by atoms with van der Waals surface area (Å²) in [4.78, 5) is 25.4. The van der Waals surface area contributed by atoms with Crippen LogP contribution in [0.1, 0.15) is 20.7 Å². The van der Waals surface area contributed by atoms with Gasteiger partial charge in [0.2, 0.25) is 0 Å². The molecule has 0 atom stereocenters. The van der Waals surface area contributed by atoms with Crippen LogP contribution in [0.15, 0.2) is 42.5 Å². The van der Waals surface area contributed by atoms with Crippen LogP contribution in [0.2, 0.25) is 5.02 Å². The van der Waals surface area contributed by atoms with Gasteiger partial charge in [0.15, 0.2) is 0 Å². The van der Waals surface area contributed by atoms with Gasteiger partial charge in [0.05, 0.1) is 16.3 Å². The van der Waals surface area contributed by atoms with Crippen LogP contribution in [0, 0.1) is 5.82 Å². The molecule has 2 amide bonds. The zero-order chi connectivity index (χ0) is 16.3. The lowest BCUT2D eigenvalue weighted by atomic mass is 10.1. The minimum absolute atomic E-state index is 0.0945. The Hall–Kier alpha value is -2.40. The van der Waals surface area contributed by atoms with Gasteiger partial charge >= 0.3 is 0 Å². The first-order valence-corrected chi connectivity index (χ1v) is 6.85. The first-order valence-electron chi connectivity index (χ1n) is 6.47. The number of benzene rings is 2. The van der Waals surface area contributed by atoms with Gasteiger partial charge in [-0.1, -0.05) is 23.7 Å². The smallest absolute Gasteiger partial charge is 0.258 e. The van der Waals surface area contributed by atoms with E-state index in [0.29, 0.717) is 5.56 Å². The number of halogens is 2. The average molecular weight is 321 g/mol. The molecule has 0 saturated heterocycles. The normalized spacial score (nSPS) is 10.2. The number of carbonyl (C=O) groups excluding carboxylic acids is 2. The van der Waals surface area contributed by atoms with Crippen LogP contribution in [0.4, 0.5) is 10.1 Å². The van der Waals surface area contributed by atoms with Crippen LogP contribution in [0.25, 0.3) is 0 Å². The molecule has 1 N–H and O–H groups in total. The molecule has 0 aliphatic rings. The number of nitrogens with one attached hydrogen (secondary N) is 1. The quantitative estimate of drug-likeness (QED) is 0.942. The third-order valence-corrected chi connectivity index (χ3v) is 3.32. The van der Waals surface area contributed by atoms with Crippen molar-refractivity contribution < 1.29 is 14.0 Å². The number of carbonyl (C=O) groups is 2. The summed E-state index contributed by atoms with van der Waals surface area (Å²) in [5, 5.41) is 2.78. The fourth-order valence-electron chi connectivity index (χ4n) is 1.85. The Kier molecular flexibility index (Phi) is 4.78. The molecule has 22 heavy (non-hydrogen) atoms. The van der Waals surface area contributed by atoms with E-state index in [1.54, 1.807) is 26.2 Å². The number of hydrogen-bond acceptors (Lipinski definition) is 2. The Morgan fingerprint density at radius 3 is 2.45 bits per heavy atom. The number of rotatable bonds is 3. The molecule has 0 unspecified atom stereocenters. The molecule has 4 nitrogen and oxygen atoms in total. The molecule has 0 saturated carbocycles. The summed E-state index contributed by atoms with van der Waals surface area (Å²) >= 11 is 6.02. The molecule has 2 aromatic rings. The largest absolute Gasteiger partial charge is 0.345 e. The highest BCUT2D eigenvalue weighted by Gasteiger charge is 2.15. The second-order valence-electron chi connectivity index (χ2n) is 4.83. The van der Waals surface area contributed by atoms with Crippen LogP contribution in [0.5, 0.6) is 0 Å². The summed E-state index contributed by atoms with van der Waals surface area (Å²) in [6, 6.07) is 10.2. The number of amides is 2. The summed E-state index contributed by atoms with van der Waals surface area (Å²) in [6.07, 6.45) is 0. The molecule has 2 aromatic carbocycles. The van der Waals surface area contributed by atoms with Crippen molar-refractivity contribution in [2.24, 2.45) is 0 Å². The van der Waals surface area contributed by atoms with E-state index in [4.69, 9.17) is 11.6 Å². The van der Waals surface area contributed by atoms with Crippen molar-refractivity contribution in [1.82, 2.24) is 4.90 Å². The van der Waals surface area contributed by atoms with Gasteiger partial charge in [0.25, 0.3) is 11.8 Å². The Morgan fingerprint density at radius 1 is 1.14 bits per heavy atom. The molecule has 6 heteroatoms. The Balaban J connectivity index is 2.30. The Labute approximate surface area is 132 Å². The van der Waals surface area contributed by atoms with Gasteiger partial charge in [-0.05, 0) is 30.3 Å². The summed E-state index contributed by atoms with van der Waals surface area (Å²) < 4.78 is 13.6. The van der Waals surface area contributed by atoms with E-state index in [-0.39, 0.29) is 22.2 Å². The summed E-state index contributed by atoms with van der Waals surface area (Å²) in [6.45, 7) is 0. The van der Waals surface area contributed by atoms with E-state index in [1.165, 1.54) is 35.2 Å². The SMILES string of the molecule is CN(C)C(=O)c1ccc(Cl)c(NC(=O)c2ccccc2F)c1. The highest BCUT2D eigenvalue weighted by atomic mass is 35.5. The molecule has 0 bridgehead atoms.